The second-order valence-electron chi connectivity index (χ2n) is 7.02. The molecule has 1 atom stereocenters. The van der Waals surface area contributed by atoms with Gasteiger partial charge in [-0.25, -0.2) is 12.4 Å². The fourth-order valence-electron chi connectivity index (χ4n) is 3.86. The molecular formula is C22H20N2O3S. The quantitative estimate of drug-likeness (QED) is 0.574. The Hall–Kier alpha value is -2.83. The van der Waals surface area contributed by atoms with Crippen molar-refractivity contribution >= 4 is 31.7 Å². The van der Waals surface area contributed by atoms with Gasteiger partial charge in [-0.15, -0.1) is 0 Å². The Balaban J connectivity index is 1.64. The van der Waals surface area contributed by atoms with Gasteiger partial charge in [0.1, 0.15) is 11.9 Å². The summed E-state index contributed by atoms with van der Waals surface area (Å²) in [5.41, 5.74) is 0.622. The Kier molecular flexibility index (Phi) is 4.10. The fourth-order valence-corrected chi connectivity index (χ4v) is 5.43. The first kappa shape index (κ1) is 17.3. The molecule has 0 amide bonds. The number of ether oxygens (including phenoxy) is 1. The molecule has 5 nitrogen and oxygen atoms in total. The van der Waals surface area contributed by atoms with Crippen molar-refractivity contribution in [3.63, 3.8) is 0 Å². The van der Waals surface area contributed by atoms with Crippen molar-refractivity contribution in [2.45, 2.75) is 17.4 Å². The molecule has 1 fully saturated rings. The van der Waals surface area contributed by atoms with Crippen molar-refractivity contribution in [2.24, 2.45) is 0 Å². The SMILES string of the molecule is O=S(=O)(c1cccc2ccccc12)n1ccc2c(OC3CCNC3)cccc21. The molecule has 1 aromatic heterocycles. The van der Waals surface area contributed by atoms with E-state index in [0.29, 0.717) is 10.4 Å². The summed E-state index contributed by atoms with van der Waals surface area (Å²) in [5.74, 6) is 0.720. The van der Waals surface area contributed by atoms with Crippen LogP contribution in [0.2, 0.25) is 0 Å². The molecule has 0 aliphatic carbocycles. The predicted molar refractivity (Wildman–Crippen MR) is 110 cm³/mol. The number of nitrogens with zero attached hydrogens (tertiary/aromatic N) is 1. The van der Waals surface area contributed by atoms with Crippen LogP contribution < -0.4 is 10.1 Å². The third kappa shape index (κ3) is 2.77. The summed E-state index contributed by atoms with van der Waals surface area (Å²) in [7, 11) is -3.74. The van der Waals surface area contributed by atoms with Gasteiger partial charge in [-0.2, -0.15) is 0 Å². The van der Waals surface area contributed by atoms with Crippen molar-refractivity contribution < 1.29 is 13.2 Å². The van der Waals surface area contributed by atoms with E-state index in [2.05, 4.69) is 5.32 Å². The highest BCUT2D eigenvalue weighted by Crippen LogP contribution is 2.32. The zero-order chi connectivity index (χ0) is 19.1. The van der Waals surface area contributed by atoms with Gasteiger partial charge < -0.3 is 10.1 Å². The van der Waals surface area contributed by atoms with Gasteiger partial charge in [0.05, 0.1) is 10.4 Å². The van der Waals surface area contributed by atoms with E-state index >= 15 is 0 Å². The van der Waals surface area contributed by atoms with Crippen LogP contribution in [0.25, 0.3) is 21.7 Å². The topological polar surface area (TPSA) is 60.3 Å². The summed E-state index contributed by atoms with van der Waals surface area (Å²) in [5, 5.41) is 5.71. The molecule has 1 saturated heterocycles. The lowest BCUT2D eigenvalue weighted by Gasteiger charge is -2.14. The first-order valence-corrected chi connectivity index (χ1v) is 10.8. The van der Waals surface area contributed by atoms with E-state index in [4.69, 9.17) is 4.74 Å². The first-order valence-electron chi connectivity index (χ1n) is 9.35. The second kappa shape index (κ2) is 6.65. The molecule has 1 unspecified atom stereocenters. The van der Waals surface area contributed by atoms with Crippen molar-refractivity contribution in [3.8, 4) is 5.75 Å². The van der Waals surface area contributed by atoms with Gasteiger partial charge in [-0.1, -0.05) is 42.5 Å². The summed E-state index contributed by atoms with van der Waals surface area (Å²) < 4.78 is 34.5. The largest absolute Gasteiger partial charge is 0.488 e. The van der Waals surface area contributed by atoms with Gasteiger partial charge in [0.25, 0.3) is 10.0 Å². The van der Waals surface area contributed by atoms with E-state index in [1.165, 1.54) is 3.97 Å². The lowest BCUT2D eigenvalue weighted by atomic mass is 10.1. The fraction of sp³-hybridized carbons (Fsp3) is 0.182. The number of fused-ring (bicyclic) bond motifs is 2. The molecule has 28 heavy (non-hydrogen) atoms. The van der Waals surface area contributed by atoms with Gasteiger partial charge in [-0.05, 0) is 42.6 Å². The van der Waals surface area contributed by atoms with Crippen molar-refractivity contribution in [1.29, 1.82) is 0 Å². The molecule has 1 aliphatic heterocycles. The van der Waals surface area contributed by atoms with Crippen LogP contribution in [0, 0.1) is 0 Å². The maximum Gasteiger partial charge on any atom is 0.268 e. The van der Waals surface area contributed by atoms with E-state index in [1.807, 2.05) is 54.6 Å². The Morgan fingerprint density at radius 1 is 0.929 bits per heavy atom. The lowest BCUT2D eigenvalue weighted by molar-refractivity contribution is 0.226. The molecule has 6 heteroatoms. The van der Waals surface area contributed by atoms with Crippen LogP contribution in [-0.2, 0) is 10.0 Å². The molecule has 142 valence electrons. The number of hydrogen-bond acceptors (Lipinski definition) is 4. The average molecular weight is 392 g/mol. The Labute approximate surface area is 163 Å². The van der Waals surface area contributed by atoms with Crippen LogP contribution in [0.15, 0.2) is 77.8 Å². The minimum absolute atomic E-state index is 0.114. The molecule has 1 aliphatic rings. The summed E-state index contributed by atoms with van der Waals surface area (Å²) in [6.45, 7) is 1.75. The molecule has 0 saturated carbocycles. The molecule has 1 N–H and O–H groups in total. The highest BCUT2D eigenvalue weighted by Gasteiger charge is 2.23. The Morgan fingerprint density at radius 3 is 2.61 bits per heavy atom. The minimum Gasteiger partial charge on any atom is -0.488 e. The van der Waals surface area contributed by atoms with Crippen molar-refractivity contribution in [1.82, 2.24) is 9.29 Å². The van der Waals surface area contributed by atoms with Crippen molar-refractivity contribution in [3.05, 3.63) is 72.9 Å². The lowest BCUT2D eigenvalue weighted by Crippen LogP contribution is -2.19. The molecule has 2 heterocycles. The number of aromatic nitrogens is 1. The van der Waals surface area contributed by atoms with Gasteiger partial charge in [0, 0.05) is 23.5 Å². The van der Waals surface area contributed by atoms with E-state index < -0.39 is 10.0 Å². The third-order valence-electron chi connectivity index (χ3n) is 5.25. The molecular weight excluding hydrogens is 372 g/mol. The van der Waals surface area contributed by atoms with Gasteiger partial charge in [0.2, 0.25) is 0 Å². The zero-order valence-corrected chi connectivity index (χ0v) is 16.0. The average Bonchev–Trinajstić information content (AvgIpc) is 3.38. The number of hydrogen-bond donors (Lipinski definition) is 1. The highest BCUT2D eigenvalue weighted by atomic mass is 32.2. The smallest absolute Gasteiger partial charge is 0.268 e. The molecule has 3 aromatic carbocycles. The Bertz CT molecular complexity index is 1270. The maximum absolute atomic E-state index is 13.5. The van der Waals surface area contributed by atoms with E-state index in [9.17, 15) is 8.42 Å². The summed E-state index contributed by atoms with van der Waals surface area (Å²) in [6, 6.07) is 20.3. The summed E-state index contributed by atoms with van der Waals surface area (Å²) >= 11 is 0. The zero-order valence-electron chi connectivity index (χ0n) is 15.2. The first-order chi connectivity index (χ1) is 13.6. The summed E-state index contributed by atoms with van der Waals surface area (Å²) in [6.07, 6.45) is 2.68. The van der Waals surface area contributed by atoms with Crippen LogP contribution in [0.5, 0.6) is 5.75 Å². The standard InChI is InChI=1S/C22H20N2O3S/c25-28(26,22-10-3-6-16-5-1-2-7-18(16)22)24-14-12-19-20(24)8-4-9-21(19)27-17-11-13-23-15-17/h1-10,12,14,17,23H,11,13,15H2. The summed E-state index contributed by atoms with van der Waals surface area (Å²) in [4.78, 5) is 0.300. The predicted octanol–water partition coefficient (Wildman–Crippen LogP) is 3.77. The normalized spacial score (nSPS) is 17.4. The van der Waals surface area contributed by atoms with Crippen LogP contribution in [0.4, 0.5) is 0 Å². The maximum atomic E-state index is 13.5. The molecule has 5 rings (SSSR count). The van der Waals surface area contributed by atoms with Crippen LogP contribution in [0.1, 0.15) is 6.42 Å². The van der Waals surface area contributed by atoms with Gasteiger partial charge in [0.15, 0.2) is 0 Å². The third-order valence-corrected chi connectivity index (χ3v) is 7.00. The number of rotatable bonds is 4. The molecule has 0 radical (unpaired) electrons. The Morgan fingerprint density at radius 2 is 1.75 bits per heavy atom. The molecule has 0 spiro atoms. The van der Waals surface area contributed by atoms with Crippen LogP contribution in [0.3, 0.4) is 0 Å². The monoisotopic (exact) mass is 392 g/mol. The molecule has 0 bridgehead atoms. The van der Waals surface area contributed by atoms with E-state index in [-0.39, 0.29) is 6.10 Å². The molecule has 4 aromatic rings. The highest BCUT2D eigenvalue weighted by molar-refractivity contribution is 7.90. The minimum atomic E-state index is -3.74. The van der Waals surface area contributed by atoms with E-state index in [0.717, 1.165) is 41.4 Å². The number of benzene rings is 3. The van der Waals surface area contributed by atoms with Gasteiger partial charge >= 0.3 is 0 Å². The number of nitrogens with one attached hydrogen (secondary N) is 1. The van der Waals surface area contributed by atoms with Crippen LogP contribution in [-0.4, -0.2) is 31.6 Å². The second-order valence-corrected chi connectivity index (χ2v) is 8.80. The van der Waals surface area contributed by atoms with Crippen molar-refractivity contribution in [2.75, 3.05) is 13.1 Å². The van der Waals surface area contributed by atoms with E-state index in [1.54, 1.807) is 18.3 Å². The van der Waals surface area contributed by atoms with Gasteiger partial charge in [-0.3, -0.25) is 0 Å². The van der Waals surface area contributed by atoms with Crippen LogP contribution >= 0.6 is 0 Å².